The van der Waals surface area contributed by atoms with Crippen LogP contribution in [0.3, 0.4) is 0 Å². The Hall–Kier alpha value is -2.67. The van der Waals surface area contributed by atoms with E-state index in [1.807, 2.05) is 32.0 Å². The van der Waals surface area contributed by atoms with Gasteiger partial charge < -0.3 is 10.6 Å². The van der Waals surface area contributed by atoms with Gasteiger partial charge in [0.2, 0.25) is 5.91 Å². The largest absolute Gasteiger partial charge is 0.369 e. The average Bonchev–Trinajstić information content (AvgIpc) is 3.12. The lowest BCUT2D eigenvalue weighted by Crippen LogP contribution is -2.39. The van der Waals surface area contributed by atoms with Gasteiger partial charge >= 0.3 is 0 Å². The number of hydrogen-bond acceptors (Lipinski definition) is 5. The molecule has 2 N–H and O–H groups in total. The number of carbonyl (C=O) groups excluding carboxylic acids is 1. The highest BCUT2D eigenvalue weighted by Crippen LogP contribution is 2.19. The van der Waals surface area contributed by atoms with Crippen molar-refractivity contribution in [1.82, 2.24) is 25.1 Å². The summed E-state index contributed by atoms with van der Waals surface area (Å²) in [5, 5.41) is 11.5. The maximum atomic E-state index is 12.1. The summed E-state index contributed by atoms with van der Waals surface area (Å²) in [4.78, 5) is 20.8. The fourth-order valence-corrected chi connectivity index (χ4v) is 2.86. The molecule has 28 heavy (non-hydrogen) atoms. The van der Waals surface area contributed by atoms with Gasteiger partial charge in [-0.1, -0.05) is 30.3 Å². The van der Waals surface area contributed by atoms with E-state index in [4.69, 9.17) is 11.6 Å². The van der Waals surface area contributed by atoms with Crippen LogP contribution in [0.15, 0.2) is 42.9 Å². The number of nitrogens with one attached hydrogen (secondary N) is 2. The molecule has 0 bridgehead atoms. The monoisotopic (exact) mass is 400 g/mol. The summed E-state index contributed by atoms with van der Waals surface area (Å²) in [6.45, 7) is 5.38. The summed E-state index contributed by atoms with van der Waals surface area (Å²) < 4.78 is 1.77. The predicted molar refractivity (Wildman–Crippen MR) is 111 cm³/mol. The number of fused-ring (bicyclic) bond motifs is 1. The number of amides is 1. The molecule has 0 aliphatic heterocycles. The molecule has 3 aromatic rings. The van der Waals surface area contributed by atoms with Gasteiger partial charge in [0.1, 0.15) is 12.1 Å². The third-order valence-corrected chi connectivity index (χ3v) is 5.21. The van der Waals surface area contributed by atoms with E-state index in [0.717, 1.165) is 29.8 Å². The molecule has 1 aromatic carbocycles. The summed E-state index contributed by atoms with van der Waals surface area (Å²) in [5.74, 6) is 0.964. The number of rotatable bonds is 9. The number of alkyl halides is 1. The van der Waals surface area contributed by atoms with E-state index >= 15 is 0 Å². The van der Waals surface area contributed by atoms with Gasteiger partial charge in [-0.15, -0.1) is 11.6 Å². The standard InChI is InChI=1S/C20H25ClN6O/c1-20(2,13-21)19(28)23-10-11-27-18-16(12-26-27)17(24-14-25-18)22-9-8-15-6-4-3-5-7-15/h3-7,12,14H,8-11,13H2,1-2H3,(H,23,28)(H,22,24,25). The van der Waals surface area contributed by atoms with Crippen LogP contribution in [0.2, 0.25) is 0 Å². The third kappa shape index (κ3) is 4.78. The Morgan fingerprint density at radius 2 is 1.96 bits per heavy atom. The smallest absolute Gasteiger partial charge is 0.226 e. The highest BCUT2D eigenvalue weighted by atomic mass is 35.5. The van der Waals surface area contributed by atoms with Gasteiger partial charge in [-0.05, 0) is 25.8 Å². The van der Waals surface area contributed by atoms with Gasteiger partial charge in [0, 0.05) is 19.0 Å². The molecule has 2 aromatic heterocycles. The van der Waals surface area contributed by atoms with Crippen LogP contribution < -0.4 is 10.6 Å². The quantitative estimate of drug-likeness (QED) is 0.539. The lowest BCUT2D eigenvalue weighted by molar-refractivity contribution is -0.128. The highest BCUT2D eigenvalue weighted by Gasteiger charge is 2.25. The van der Waals surface area contributed by atoms with E-state index in [2.05, 4.69) is 37.8 Å². The molecular formula is C20H25ClN6O. The molecule has 0 aliphatic rings. The number of halogens is 1. The SMILES string of the molecule is CC(C)(CCl)C(=O)NCCn1ncc2c(NCCc3ccccc3)ncnc21. The number of benzene rings is 1. The molecule has 0 spiro atoms. The van der Waals surface area contributed by atoms with Crippen LogP contribution in [0.25, 0.3) is 11.0 Å². The van der Waals surface area contributed by atoms with Crippen molar-refractivity contribution >= 4 is 34.4 Å². The van der Waals surface area contributed by atoms with Crippen LogP contribution in [0.5, 0.6) is 0 Å². The molecule has 1 amide bonds. The van der Waals surface area contributed by atoms with Crippen LogP contribution in [0.1, 0.15) is 19.4 Å². The Morgan fingerprint density at radius 1 is 1.18 bits per heavy atom. The van der Waals surface area contributed by atoms with E-state index in [9.17, 15) is 4.79 Å². The van der Waals surface area contributed by atoms with E-state index in [1.54, 1.807) is 10.9 Å². The molecule has 3 rings (SSSR count). The molecule has 0 radical (unpaired) electrons. The van der Waals surface area contributed by atoms with Gasteiger partial charge in [-0.25, -0.2) is 14.6 Å². The molecule has 7 nitrogen and oxygen atoms in total. The Kier molecular flexibility index (Phi) is 6.46. The fourth-order valence-electron chi connectivity index (χ4n) is 2.74. The molecule has 0 fully saturated rings. The molecule has 0 aliphatic carbocycles. The van der Waals surface area contributed by atoms with Crippen molar-refractivity contribution < 1.29 is 4.79 Å². The van der Waals surface area contributed by atoms with Crippen molar-refractivity contribution in [2.75, 3.05) is 24.3 Å². The Balaban J connectivity index is 1.60. The summed E-state index contributed by atoms with van der Waals surface area (Å²) in [7, 11) is 0. The summed E-state index contributed by atoms with van der Waals surface area (Å²) in [6.07, 6.45) is 4.19. The second kappa shape index (κ2) is 9.01. The molecule has 0 saturated carbocycles. The Morgan fingerprint density at radius 3 is 2.71 bits per heavy atom. The van der Waals surface area contributed by atoms with Crippen molar-refractivity contribution in [3.8, 4) is 0 Å². The lowest BCUT2D eigenvalue weighted by Gasteiger charge is -2.20. The molecule has 8 heteroatoms. The van der Waals surface area contributed by atoms with Gasteiger partial charge in [0.05, 0.1) is 23.5 Å². The van der Waals surface area contributed by atoms with Crippen molar-refractivity contribution in [1.29, 1.82) is 0 Å². The maximum Gasteiger partial charge on any atom is 0.226 e. The first kappa shape index (κ1) is 20.1. The van der Waals surface area contributed by atoms with E-state index < -0.39 is 5.41 Å². The zero-order chi connectivity index (χ0) is 20.0. The summed E-state index contributed by atoms with van der Waals surface area (Å²) >= 11 is 5.84. The van der Waals surface area contributed by atoms with Crippen molar-refractivity contribution in [2.24, 2.45) is 5.41 Å². The first-order valence-electron chi connectivity index (χ1n) is 9.30. The van der Waals surface area contributed by atoms with E-state index in [1.165, 1.54) is 11.9 Å². The Labute approximate surface area is 169 Å². The second-order valence-electron chi connectivity index (χ2n) is 7.26. The van der Waals surface area contributed by atoms with E-state index in [0.29, 0.717) is 13.1 Å². The normalized spacial score (nSPS) is 11.5. The van der Waals surface area contributed by atoms with E-state index in [-0.39, 0.29) is 11.8 Å². The van der Waals surface area contributed by atoms with Gasteiger partial charge in [0.15, 0.2) is 5.65 Å². The zero-order valence-electron chi connectivity index (χ0n) is 16.2. The predicted octanol–water partition coefficient (Wildman–Crippen LogP) is 2.86. The molecule has 148 valence electrons. The molecule has 0 saturated heterocycles. The van der Waals surface area contributed by atoms with Gasteiger partial charge in [-0.3, -0.25) is 4.79 Å². The average molecular weight is 401 g/mol. The topological polar surface area (TPSA) is 84.7 Å². The number of aromatic nitrogens is 4. The zero-order valence-corrected chi connectivity index (χ0v) is 16.9. The minimum absolute atomic E-state index is 0.0724. The number of anilines is 1. The first-order chi connectivity index (χ1) is 13.5. The van der Waals surface area contributed by atoms with Crippen molar-refractivity contribution in [3.05, 3.63) is 48.4 Å². The summed E-state index contributed by atoms with van der Waals surface area (Å²) in [5.41, 5.74) is 1.42. The number of hydrogen-bond donors (Lipinski definition) is 2. The minimum atomic E-state index is -0.592. The Bertz CT molecular complexity index is 925. The number of nitrogens with zero attached hydrogens (tertiary/aromatic N) is 4. The second-order valence-corrected chi connectivity index (χ2v) is 7.53. The fraction of sp³-hybridized carbons (Fsp3) is 0.400. The maximum absolute atomic E-state index is 12.1. The van der Waals surface area contributed by atoms with Crippen LogP contribution in [0.4, 0.5) is 5.82 Å². The van der Waals surface area contributed by atoms with Crippen LogP contribution >= 0.6 is 11.6 Å². The van der Waals surface area contributed by atoms with Crippen LogP contribution in [0, 0.1) is 5.41 Å². The molecular weight excluding hydrogens is 376 g/mol. The van der Waals surface area contributed by atoms with Crippen molar-refractivity contribution in [2.45, 2.75) is 26.8 Å². The van der Waals surface area contributed by atoms with Crippen molar-refractivity contribution in [3.63, 3.8) is 0 Å². The molecule has 0 atom stereocenters. The van der Waals surface area contributed by atoms with Crippen LogP contribution in [-0.4, -0.2) is 44.6 Å². The first-order valence-corrected chi connectivity index (χ1v) is 9.83. The summed E-state index contributed by atoms with van der Waals surface area (Å²) in [6, 6.07) is 10.3. The van der Waals surface area contributed by atoms with Gasteiger partial charge in [0.25, 0.3) is 0 Å². The highest BCUT2D eigenvalue weighted by molar-refractivity contribution is 6.19. The van der Waals surface area contributed by atoms with Crippen LogP contribution in [-0.2, 0) is 17.8 Å². The minimum Gasteiger partial charge on any atom is -0.369 e. The third-order valence-electron chi connectivity index (χ3n) is 4.54. The number of carbonyl (C=O) groups is 1. The van der Waals surface area contributed by atoms with Gasteiger partial charge in [-0.2, -0.15) is 5.10 Å². The molecule has 2 heterocycles. The molecule has 0 unspecified atom stereocenters. The lowest BCUT2D eigenvalue weighted by atomic mass is 9.95.